The number of benzene rings is 1. The van der Waals surface area contributed by atoms with Gasteiger partial charge in [0.2, 0.25) is 0 Å². The fourth-order valence-electron chi connectivity index (χ4n) is 1.80. The number of hydrogen-bond acceptors (Lipinski definition) is 5. The second-order valence-corrected chi connectivity index (χ2v) is 8.53. The summed E-state index contributed by atoms with van der Waals surface area (Å²) in [5.74, 6) is -0.257. The maximum absolute atomic E-state index is 12.4. The second kappa shape index (κ2) is 20.5. The van der Waals surface area contributed by atoms with E-state index in [0.717, 1.165) is 18.0 Å². The molecule has 0 radical (unpaired) electrons. The number of nitrogens with one attached hydrogen (secondary N) is 1. The van der Waals surface area contributed by atoms with Gasteiger partial charge < -0.3 is 10.6 Å². The van der Waals surface area contributed by atoms with Crippen molar-refractivity contribution in [3.8, 4) is 11.3 Å². The molecule has 6 nitrogen and oxygen atoms in total. The molecule has 10 heteroatoms. The summed E-state index contributed by atoms with van der Waals surface area (Å²) >= 11 is 0. The molecule has 1 aromatic heterocycles. The third kappa shape index (κ3) is 19.2. The number of nitrogens with zero attached hydrogens (tertiary/aromatic N) is 2. The molecular formula is C25H41F3N4O2S. The molecule has 0 aliphatic heterocycles. The quantitative estimate of drug-likeness (QED) is 0.443. The normalized spacial score (nSPS) is 10.5. The van der Waals surface area contributed by atoms with Crippen LogP contribution in [0.5, 0.6) is 0 Å². The van der Waals surface area contributed by atoms with Gasteiger partial charge in [-0.2, -0.15) is 18.3 Å². The van der Waals surface area contributed by atoms with E-state index in [9.17, 15) is 21.6 Å². The molecule has 0 amide bonds. The SMILES string of the molecule is C=C/C=C\C=C/C.CC.CC.CN(C)c1ccc(-c2cc(C(F)(F)F)[nH]n2)cc1.CS(=O)(=O)CN. The van der Waals surface area contributed by atoms with Crippen LogP contribution in [0.3, 0.4) is 0 Å². The molecule has 0 saturated heterocycles. The first-order chi connectivity index (χ1) is 16.4. The molecule has 0 bridgehead atoms. The molecule has 35 heavy (non-hydrogen) atoms. The summed E-state index contributed by atoms with van der Waals surface area (Å²) in [6.07, 6.45) is 6.20. The summed E-state index contributed by atoms with van der Waals surface area (Å²) in [5, 5.41) is 5.66. The third-order valence-corrected chi connectivity index (χ3v) is 4.02. The van der Waals surface area contributed by atoms with Crippen LogP contribution in [0.2, 0.25) is 0 Å². The van der Waals surface area contributed by atoms with Crippen molar-refractivity contribution in [2.45, 2.75) is 40.8 Å². The van der Waals surface area contributed by atoms with Gasteiger partial charge >= 0.3 is 6.18 Å². The Labute approximate surface area is 209 Å². The van der Waals surface area contributed by atoms with Gasteiger partial charge in [-0.3, -0.25) is 5.10 Å². The van der Waals surface area contributed by atoms with E-state index in [1.165, 1.54) is 0 Å². The number of aromatic nitrogens is 2. The molecule has 0 aliphatic carbocycles. The van der Waals surface area contributed by atoms with E-state index < -0.39 is 21.7 Å². The Bertz CT molecular complexity index is 948. The summed E-state index contributed by atoms with van der Waals surface area (Å²) in [7, 11) is 0.904. The molecule has 1 heterocycles. The number of anilines is 1. The summed E-state index contributed by atoms with van der Waals surface area (Å²) in [4.78, 5) is 1.91. The van der Waals surface area contributed by atoms with Gasteiger partial charge in [0.15, 0.2) is 9.84 Å². The van der Waals surface area contributed by atoms with Crippen LogP contribution in [-0.4, -0.2) is 44.8 Å². The van der Waals surface area contributed by atoms with Crippen molar-refractivity contribution in [2.24, 2.45) is 5.73 Å². The number of allylic oxidation sites excluding steroid dienone is 5. The van der Waals surface area contributed by atoms with Crippen LogP contribution in [0.15, 0.2) is 67.3 Å². The number of hydrogen-bond donors (Lipinski definition) is 2. The van der Waals surface area contributed by atoms with Crippen LogP contribution in [0.25, 0.3) is 11.3 Å². The molecule has 2 aromatic rings. The standard InChI is InChI=1S/C12H12F3N3.C7H10.C2H7NO2S.2C2H6/c1-18(2)9-5-3-8(4-6-9)10-7-11(17-16-10)12(13,14)15;1-3-5-7-6-4-2;1-6(4,5)2-3;2*1-2/h3-7H,1-2H3,(H,16,17);3-7H,1H2,2H3;2-3H2,1H3;2*1-2H3/b;6-4-,7-5-;;;. The predicted molar refractivity (Wildman–Crippen MR) is 144 cm³/mol. The highest BCUT2D eigenvalue weighted by Gasteiger charge is 2.33. The van der Waals surface area contributed by atoms with Gasteiger partial charge in [0.05, 0.1) is 11.6 Å². The molecule has 200 valence electrons. The minimum Gasteiger partial charge on any atom is -0.378 e. The Morgan fingerprint density at radius 1 is 1.06 bits per heavy atom. The molecule has 0 saturated carbocycles. The molecular weight excluding hydrogens is 477 g/mol. The Balaban J connectivity index is -0.000000501. The highest BCUT2D eigenvalue weighted by molar-refractivity contribution is 7.90. The zero-order valence-electron chi connectivity index (χ0n) is 22.0. The minimum atomic E-state index is -4.39. The molecule has 2 rings (SSSR count). The largest absolute Gasteiger partial charge is 0.432 e. The number of sulfone groups is 1. The van der Waals surface area contributed by atoms with E-state index >= 15 is 0 Å². The first kappa shape index (κ1) is 36.7. The van der Waals surface area contributed by atoms with Crippen molar-refractivity contribution in [3.05, 3.63) is 73.0 Å². The van der Waals surface area contributed by atoms with Gasteiger partial charge in [-0.15, -0.1) is 0 Å². The van der Waals surface area contributed by atoms with E-state index in [1.54, 1.807) is 18.2 Å². The van der Waals surface area contributed by atoms with Gasteiger partial charge in [-0.1, -0.05) is 76.8 Å². The van der Waals surface area contributed by atoms with Crippen molar-refractivity contribution in [1.29, 1.82) is 0 Å². The summed E-state index contributed by atoms with van der Waals surface area (Å²) in [5.41, 5.74) is 5.79. The Morgan fingerprint density at radius 3 is 1.86 bits per heavy atom. The molecule has 0 atom stereocenters. The lowest BCUT2D eigenvalue weighted by Gasteiger charge is -2.12. The lowest BCUT2D eigenvalue weighted by Crippen LogP contribution is -2.11. The Morgan fingerprint density at radius 2 is 1.54 bits per heavy atom. The average molecular weight is 519 g/mol. The van der Waals surface area contributed by atoms with Crippen molar-refractivity contribution < 1.29 is 21.6 Å². The van der Waals surface area contributed by atoms with Crippen LogP contribution in [0.4, 0.5) is 18.9 Å². The highest BCUT2D eigenvalue weighted by Crippen LogP contribution is 2.30. The van der Waals surface area contributed by atoms with Crippen molar-refractivity contribution >= 4 is 15.5 Å². The van der Waals surface area contributed by atoms with Gasteiger partial charge in [-0.25, -0.2) is 8.42 Å². The van der Waals surface area contributed by atoms with E-state index in [4.69, 9.17) is 5.73 Å². The fourth-order valence-corrected chi connectivity index (χ4v) is 1.80. The number of nitrogens with two attached hydrogens (primary N) is 1. The number of H-pyrrole nitrogens is 1. The summed E-state index contributed by atoms with van der Waals surface area (Å²) < 4.78 is 57.0. The molecule has 0 spiro atoms. The second-order valence-electron chi connectivity index (χ2n) is 6.34. The number of aromatic amines is 1. The maximum Gasteiger partial charge on any atom is 0.432 e. The third-order valence-electron chi connectivity index (χ3n) is 3.42. The topological polar surface area (TPSA) is 92.1 Å². The minimum absolute atomic E-state index is 0.257. The van der Waals surface area contributed by atoms with Gasteiger partial charge in [0, 0.05) is 31.6 Å². The molecule has 3 N–H and O–H groups in total. The molecule has 1 aromatic carbocycles. The van der Waals surface area contributed by atoms with Gasteiger partial charge in [0.1, 0.15) is 5.69 Å². The number of rotatable bonds is 5. The first-order valence-electron chi connectivity index (χ1n) is 11.0. The van der Waals surface area contributed by atoms with E-state index in [1.807, 2.05) is 95.1 Å². The fraction of sp³-hybridized carbons (Fsp3) is 0.400. The van der Waals surface area contributed by atoms with Crippen molar-refractivity contribution in [3.63, 3.8) is 0 Å². The number of halogens is 3. The number of alkyl halides is 3. The molecule has 0 fully saturated rings. The lowest BCUT2D eigenvalue weighted by atomic mass is 10.1. The van der Waals surface area contributed by atoms with E-state index in [-0.39, 0.29) is 11.6 Å². The zero-order valence-corrected chi connectivity index (χ0v) is 22.8. The molecule has 0 unspecified atom stereocenters. The van der Waals surface area contributed by atoms with Crippen LogP contribution < -0.4 is 10.6 Å². The van der Waals surface area contributed by atoms with Crippen LogP contribution in [0.1, 0.15) is 40.3 Å². The van der Waals surface area contributed by atoms with Crippen molar-refractivity contribution in [1.82, 2.24) is 10.2 Å². The van der Waals surface area contributed by atoms with Crippen molar-refractivity contribution in [2.75, 3.05) is 31.1 Å². The maximum atomic E-state index is 12.4. The Hall–Kier alpha value is -2.85. The Kier molecular flexibility index (Phi) is 21.5. The first-order valence-corrected chi connectivity index (χ1v) is 13.1. The summed E-state index contributed by atoms with van der Waals surface area (Å²) in [6.45, 7) is 13.5. The monoisotopic (exact) mass is 518 g/mol. The lowest BCUT2D eigenvalue weighted by molar-refractivity contribution is -0.141. The van der Waals surface area contributed by atoms with E-state index in [2.05, 4.69) is 11.7 Å². The zero-order chi connectivity index (χ0) is 28.1. The summed E-state index contributed by atoms with van der Waals surface area (Å²) in [6, 6.07) is 8.15. The van der Waals surface area contributed by atoms with Crippen LogP contribution >= 0.6 is 0 Å². The smallest absolute Gasteiger partial charge is 0.378 e. The average Bonchev–Trinajstić information content (AvgIpc) is 3.34. The van der Waals surface area contributed by atoms with E-state index in [0.29, 0.717) is 5.56 Å². The molecule has 0 aliphatic rings. The van der Waals surface area contributed by atoms with Gasteiger partial charge in [-0.05, 0) is 25.1 Å². The predicted octanol–water partition coefficient (Wildman–Crippen LogP) is 6.47. The highest BCUT2D eigenvalue weighted by atomic mass is 32.2. The van der Waals surface area contributed by atoms with Gasteiger partial charge in [0.25, 0.3) is 0 Å². The van der Waals surface area contributed by atoms with Crippen LogP contribution in [-0.2, 0) is 16.0 Å². The van der Waals surface area contributed by atoms with Crippen LogP contribution in [0, 0.1) is 0 Å².